The van der Waals surface area contributed by atoms with E-state index in [0.29, 0.717) is 26.9 Å². The van der Waals surface area contributed by atoms with Gasteiger partial charge >= 0.3 is 0 Å². The Hall–Kier alpha value is -2.57. The minimum atomic E-state index is -0.490. The smallest absolute Gasteiger partial charge is 0.259 e. The molecular formula is C17H15Cl2N3O3. The standard InChI is InChI=1S/C17H15Cl2N3O3/c1-25-12-5-2-4-11(8-12)17(24)20-10-16(23)22-21-9-13-14(18)6-3-7-15(13)19/h2-9H,10H2,1H3,(H,20,24)(H,22,23)/b21-9+. The van der Waals surface area contributed by atoms with Crippen LogP contribution in [-0.4, -0.2) is 31.7 Å². The molecule has 2 N–H and O–H groups in total. The molecule has 0 heterocycles. The van der Waals surface area contributed by atoms with Gasteiger partial charge in [-0.3, -0.25) is 9.59 Å². The van der Waals surface area contributed by atoms with Crippen molar-refractivity contribution in [3.05, 3.63) is 63.6 Å². The molecule has 2 aromatic carbocycles. The van der Waals surface area contributed by atoms with Gasteiger partial charge in [0.05, 0.1) is 29.9 Å². The van der Waals surface area contributed by atoms with Gasteiger partial charge < -0.3 is 10.1 Å². The van der Waals surface area contributed by atoms with E-state index in [0.717, 1.165) is 0 Å². The second-order valence-electron chi connectivity index (χ2n) is 4.84. The van der Waals surface area contributed by atoms with Crippen LogP contribution in [0, 0.1) is 0 Å². The number of nitrogens with zero attached hydrogens (tertiary/aromatic N) is 1. The third kappa shape index (κ3) is 5.48. The number of benzene rings is 2. The molecule has 0 atom stereocenters. The Labute approximate surface area is 154 Å². The van der Waals surface area contributed by atoms with Crippen molar-refractivity contribution in [2.75, 3.05) is 13.7 Å². The van der Waals surface area contributed by atoms with Crippen LogP contribution in [0.5, 0.6) is 5.75 Å². The van der Waals surface area contributed by atoms with Gasteiger partial charge in [0.15, 0.2) is 0 Å². The van der Waals surface area contributed by atoms with Crippen molar-refractivity contribution in [1.82, 2.24) is 10.7 Å². The normalized spacial score (nSPS) is 10.5. The number of carbonyl (C=O) groups is 2. The van der Waals surface area contributed by atoms with E-state index in [1.165, 1.54) is 13.3 Å². The summed E-state index contributed by atoms with van der Waals surface area (Å²) in [7, 11) is 1.51. The van der Waals surface area contributed by atoms with Gasteiger partial charge in [-0.15, -0.1) is 0 Å². The first-order chi connectivity index (χ1) is 12.0. The summed E-state index contributed by atoms with van der Waals surface area (Å²) in [5.41, 5.74) is 3.17. The summed E-state index contributed by atoms with van der Waals surface area (Å²) in [5.74, 6) is -0.332. The average Bonchev–Trinajstić information content (AvgIpc) is 2.62. The van der Waals surface area contributed by atoms with Crippen LogP contribution < -0.4 is 15.5 Å². The third-order valence-corrected chi connectivity index (χ3v) is 3.78. The number of halogens is 2. The zero-order valence-corrected chi connectivity index (χ0v) is 14.8. The van der Waals surface area contributed by atoms with Gasteiger partial charge in [0, 0.05) is 11.1 Å². The lowest BCUT2D eigenvalue weighted by molar-refractivity contribution is -0.120. The van der Waals surface area contributed by atoms with Crippen LogP contribution in [0.4, 0.5) is 0 Å². The molecular weight excluding hydrogens is 365 g/mol. The van der Waals surface area contributed by atoms with E-state index in [1.807, 2.05) is 0 Å². The fourth-order valence-electron chi connectivity index (χ4n) is 1.87. The van der Waals surface area contributed by atoms with Crippen molar-refractivity contribution in [2.45, 2.75) is 0 Å². The summed E-state index contributed by atoms with van der Waals surface area (Å²) < 4.78 is 5.05. The largest absolute Gasteiger partial charge is 0.497 e. The highest BCUT2D eigenvalue weighted by molar-refractivity contribution is 6.38. The Bertz CT molecular complexity index is 789. The summed E-state index contributed by atoms with van der Waals surface area (Å²) >= 11 is 12.0. The third-order valence-electron chi connectivity index (χ3n) is 3.12. The van der Waals surface area contributed by atoms with Crippen LogP contribution in [0.3, 0.4) is 0 Å². The van der Waals surface area contributed by atoms with Gasteiger partial charge in [0.2, 0.25) is 0 Å². The number of methoxy groups -OCH3 is 1. The van der Waals surface area contributed by atoms with Gasteiger partial charge in [-0.1, -0.05) is 35.3 Å². The van der Waals surface area contributed by atoms with E-state index in [-0.39, 0.29) is 6.54 Å². The molecule has 0 aliphatic heterocycles. The molecule has 0 spiro atoms. The molecule has 2 aromatic rings. The lowest BCUT2D eigenvalue weighted by Crippen LogP contribution is -2.34. The molecule has 0 radical (unpaired) electrons. The van der Waals surface area contributed by atoms with Crippen LogP contribution in [0.2, 0.25) is 10.0 Å². The van der Waals surface area contributed by atoms with Gasteiger partial charge in [-0.05, 0) is 30.3 Å². The average molecular weight is 380 g/mol. The second-order valence-corrected chi connectivity index (χ2v) is 5.66. The first kappa shape index (κ1) is 18.8. The Morgan fingerprint density at radius 3 is 2.52 bits per heavy atom. The van der Waals surface area contributed by atoms with Crippen LogP contribution in [0.15, 0.2) is 47.6 Å². The minimum Gasteiger partial charge on any atom is -0.497 e. The molecule has 0 aliphatic carbocycles. The predicted molar refractivity (Wildman–Crippen MR) is 97.5 cm³/mol. The van der Waals surface area contributed by atoms with E-state index in [9.17, 15) is 9.59 Å². The van der Waals surface area contributed by atoms with Crippen molar-refractivity contribution in [3.63, 3.8) is 0 Å². The Morgan fingerprint density at radius 1 is 1.16 bits per heavy atom. The highest BCUT2D eigenvalue weighted by atomic mass is 35.5. The second kappa shape index (κ2) is 9.05. The maximum absolute atomic E-state index is 12.0. The van der Waals surface area contributed by atoms with E-state index in [2.05, 4.69) is 15.8 Å². The Kier molecular flexibility index (Phi) is 6.80. The van der Waals surface area contributed by atoms with Crippen molar-refractivity contribution < 1.29 is 14.3 Å². The Balaban J connectivity index is 1.86. The highest BCUT2D eigenvalue weighted by Gasteiger charge is 2.08. The van der Waals surface area contributed by atoms with E-state index in [4.69, 9.17) is 27.9 Å². The molecule has 0 bridgehead atoms. The lowest BCUT2D eigenvalue weighted by atomic mass is 10.2. The lowest BCUT2D eigenvalue weighted by Gasteiger charge is -2.06. The van der Waals surface area contributed by atoms with E-state index < -0.39 is 11.8 Å². The molecule has 0 saturated heterocycles. The fraction of sp³-hybridized carbons (Fsp3) is 0.118. The monoisotopic (exact) mass is 379 g/mol. The number of carbonyl (C=O) groups excluding carboxylic acids is 2. The van der Waals surface area contributed by atoms with Gasteiger partial charge in [-0.2, -0.15) is 5.10 Å². The van der Waals surface area contributed by atoms with Crippen LogP contribution in [0.1, 0.15) is 15.9 Å². The number of hydrazone groups is 1. The number of hydrogen-bond donors (Lipinski definition) is 2. The number of ether oxygens (including phenoxy) is 1. The van der Waals surface area contributed by atoms with Gasteiger partial charge in [0.25, 0.3) is 11.8 Å². The SMILES string of the molecule is COc1cccc(C(=O)NCC(=O)N/N=C/c2c(Cl)cccc2Cl)c1. The number of amides is 2. The molecule has 0 unspecified atom stereocenters. The van der Waals surface area contributed by atoms with Crippen LogP contribution in [-0.2, 0) is 4.79 Å². The summed E-state index contributed by atoms with van der Waals surface area (Å²) in [6, 6.07) is 11.6. The maximum atomic E-state index is 12.0. The molecule has 0 aromatic heterocycles. The summed E-state index contributed by atoms with van der Waals surface area (Å²) in [5, 5.41) is 7.09. The molecule has 0 aliphatic rings. The molecule has 2 amide bonds. The molecule has 0 saturated carbocycles. The van der Waals surface area contributed by atoms with Crippen LogP contribution >= 0.6 is 23.2 Å². The maximum Gasteiger partial charge on any atom is 0.259 e. The number of hydrogen-bond acceptors (Lipinski definition) is 4. The van der Waals surface area contributed by atoms with Gasteiger partial charge in [-0.25, -0.2) is 5.43 Å². The summed E-state index contributed by atoms with van der Waals surface area (Å²) in [4.78, 5) is 23.7. The van der Waals surface area contributed by atoms with E-state index >= 15 is 0 Å². The van der Waals surface area contributed by atoms with Crippen LogP contribution in [0.25, 0.3) is 0 Å². The Morgan fingerprint density at radius 2 is 1.84 bits per heavy atom. The molecule has 8 heteroatoms. The number of rotatable bonds is 6. The highest BCUT2D eigenvalue weighted by Crippen LogP contribution is 2.21. The van der Waals surface area contributed by atoms with Crippen molar-refractivity contribution >= 4 is 41.2 Å². The summed E-state index contributed by atoms with van der Waals surface area (Å²) in [6.45, 7) is -0.233. The zero-order valence-electron chi connectivity index (χ0n) is 13.3. The van der Waals surface area contributed by atoms with Gasteiger partial charge in [0.1, 0.15) is 5.75 Å². The zero-order chi connectivity index (χ0) is 18.2. The molecule has 25 heavy (non-hydrogen) atoms. The summed E-state index contributed by atoms with van der Waals surface area (Å²) in [6.07, 6.45) is 1.34. The fourth-order valence-corrected chi connectivity index (χ4v) is 2.36. The first-order valence-electron chi connectivity index (χ1n) is 7.19. The van der Waals surface area contributed by atoms with Crippen molar-refractivity contribution in [1.29, 1.82) is 0 Å². The molecule has 2 rings (SSSR count). The quantitative estimate of drug-likeness (QED) is 0.598. The molecule has 130 valence electrons. The topological polar surface area (TPSA) is 79.8 Å². The minimum absolute atomic E-state index is 0.233. The predicted octanol–water partition coefficient (Wildman–Crippen LogP) is 2.88. The first-order valence-corrected chi connectivity index (χ1v) is 7.95. The van der Waals surface area contributed by atoms with E-state index in [1.54, 1.807) is 42.5 Å². The molecule has 0 fully saturated rings. The van der Waals surface area contributed by atoms with Crippen molar-refractivity contribution in [3.8, 4) is 5.75 Å². The molecule has 6 nitrogen and oxygen atoms in total. The number of nitrogens with one attached hydrogen (secondary N) is 2. The van der Waals surface area contributed by atoms with Crippen molar-refractivity contribution in [2.24, 2.45) is 5.10 Å².